The average Bonchev–Trinajstić information content (AvgIpc) is 2.69. The van der Waals surface area contributed by atoms with Crippen LogP contribution in [0.5, 0.6) is 0 Å². The number of carbonyl (C=O) groups excluding carboxylic acids is 2. The molecule has 0 aromatic heterocycles. The van der Waals surface area contributed by atoms with Crippen LogP contribution in [0.1, 0.15) is 0 Å². The summed E-state index contributed by atoms with van der Waals surface area (Å²) in [6.07, 6.45) is 0. The fraction of sp³-hybridized carbons (Fsp3) is 0.222. The molecule has 0 aliphatic heterocycles. The third kappa shape index (κ3) is 9.03. The van der Waals surface area contributed by atoms with Gasteiger partial charge in [-0.3, -0.25) is 9.59 Å². The van der Waals surface area contributed by atoms with Gasteiger partial charge in [0.15, 0.2) is 19.7 Å². The second-order valence-corrected chi connectivity index (χ2v) is 12.2. The zero-order chi connectivity index (χ0) is 22.9. The van der Waals surface area contributed by atoms with Crippen LogP contribution < -0.4 is 0 Å². The first kappa shape index (κ1) is 27.1. The summed E-state index contributed by atoms with van der Waals surface area (Å²) >= 11 is 18.7. The Hall–Kier alpha value is -0.970. The summed E-state index contributed by atoms with van der Waals surface area (Å²) in [6, 6.07) is 15.7. The topological polar surface area (TPSA) is 102 Å². The van der Waals surface area contributed by atoms with E-state index in [2.05, 4.69) is 15.9 Å². The Morgan fingerprint density at radius 3 is 1.43 bits per heavy atom. The predicted octanol–water partition coefficient (Wildman–Crippen LogP) is 3.82. The molecule has 2 rings (SSSR count). The molecule has 6 nitrogen and oxygen atoms in total. The molecule has 0 aliphatic carbocycles. The van der Waals surface area contributed by atoms with Gasteiger partial charge in [0, 0.05) is 0 Å². The molecule has 0 radical (unpaired) electrons. The second kappa shape index (κ2) is 12.2. The van der Waals surface area contributed by atoms with Crippen molar-refractivity contribution in [2.24, 2.45) is 0 Å². The van der Waals surface area contributed by atoms with Crippen molar-refractivity contribution in [2.45, 2.75) is 20.0 Å². The van der Waals surface area contributed by atoms with Crippen molar-refractivity contribution in [2.75, 3.05) is 11.5 Å². The number of hydrogen-bond donors (Lipinski definition) is 0. The highest BCUT2D eigenvalue weighted by Gasteiger charge is 2.24. The van der Waals surface area contributed by atoms with Gasteiger partial charge < -0.3 is 0 Å². The molecule has 2 unspecified atom stereocenters. The van der Waals surface area contributed by atoms with Crippen LogP contribution >= 0.6 is 50.7 Å². The standard InChI is InChI=1S/C9H8BrClO3S.C9H8Cl2O3S/c2*10-8(9(11)12)6-15(13,14)7-4-2-1-3-5-7/h2*1-5,8H,6H2. The molecular formula is C18H16BrCl3O6S2. The molecule has 30 heavy (non-hydrogen) atoms. The van der Waals surface area contributed by atoms with Crippen LogP contribution in [0.25, 0.3) is 0 Å². The molecule has 0 saturated carbocycles. The number of hydrogen-bond acceptors (Lipinski definition) is 6. The molecule has 0 saturated heterocycles. The normalized spacial score (nSPS) is 13.5. The van der Waals surface area contributed by atoms with Gasteiger partial charge in [-0.1, -0.05) is 52.3 Å². The van der Waals surface area contributed by atoms with Crippen LogP contribution in [0, 0.1) is 0 Å². The Labute approximate surface area is 198 Å². The summed E-state index contributed by atoms with van der Waals surface area (Å²) in [5.41, 5.74) is 0. The van der Waals surface area contributed by atoms with Gasteiger partial charge in [-0.2, -0.15) is 0 Å². The van der Waals surface area contributed by atoms with E-state index in [9.17, 15) is 26.4 Å². The summed E-state index contributed by atoms with van der Waals surface area (Å²) in [5.74, 6) is -0.819. The summed E-state index contributed by atoms with van der Waals surface area (Å²) < 4.78 is 46.7. The molecule has 0 spiro atoms. The van der Waals surface area contributed by atoms with E-state index < -0.39 is 46.1 Å². The molecule has 0 fully saturated rings. The molecular weight excluding hydrogens is 563 g/mol. The molecule has 0 aliphatic rings. The summed E-state index contributed by atoms with van der Waals surface area (Å²) in [4.78, 5) is 20.8. The van der Waals surface area contributed by atoms with E-state index in [-0.39, 0.29) is 15.5 Å². The number of sulfone groups is 2. The Kier molecular flexibility index (Phi) is 11.0. The third-order valence-corrected chi connectivity index (χ3v) is 9.56. The average molecular weight is 579 g/mol. The molecule has 0 N–H and O–H groups in total. The molecule has 0 amide bonds. The van der Waals surface area contributed by atoms with Crippen LogP contribution in [-0.4, -0.2) is 49.0 Å². The maximum Gasteiger partial charge on any atom is 0.240 e. The summed E-state index contributed by atoms with van der Waals surface area (Å²) in [6.45, 7) is 0. The molecule has 2 aromatic carbocycles. The zero-order valence-electron chi connectivity index (χ0n) is 15.1. The molecule has 164 valence electrons. The second-order valence-electron chi connectivity index (χ2n) is 5.73. The first-order valence-electron chi connectivity index (χ1n) is 8.09. The van der Waals surface area contributed by atoms with E-state index in [0.717, 1.165) is 0 Å². The minimum atomic E-state index is -3.54. The number of alkyl halides is 2. The summed E-state index contributed by atoms with van der Waals surface area (Å²) in [5, 5.41) is -2.79. The van der Waals surface area contributed by atoms with Gasteiger partial charge in [0.05, 0.1) is 21.3 Å². The quantitative estimate of drug-likeness (QED) is 0.349. The van der Waals surface area contributed by atoms with Gasteiger partial charge in [-0.25, -0.2) is 16.8 Å². The van der Waals surface area contributed by atoms with Crippen LogP contribution in [0.15, 0.2) is 70.5 Å². The van der Waals surface area contributed by atoms with Gasteiger partial charge in [-0.15, -0.1) is 11.6 Å². The number of rotatable bonds is 8. The maximum atomic E-state index is 11.7. The molecule has 12 heteroatoms. The van der Waals surface area contributed by atoms with Crippen molar-refractivity contribution in [3.63, 3.8) is 0 Å². The van der Waals surface area contributed by atoms with Crippen molar-refractivity contribution in [3.8, 4) is 0 Å². The van der Waals surface area contributed by atoms with E-state index >= 15 is 0 Å². The van der Waals surface area contributed by atoms with Gasteiger partial charge >= 0.3 is 0 Å². The lowest BCUT2D eigenvalue weighted by molar-refractivity contribution is -0.111. The molecule has 2 atom stereocenters. The number of benzene rings is 2. The monoisotopic (exact) mass is 576 g/mol. The minimum absolute atomic E-state index is 0.133. The van der Waals surface area contributed by atoms with Gasteiger partial charge in [0.2, 0.25) is 10.5 Å². The fourth-order valence-corrected chi connectivity index (χ4v) is 6.45. The van der Waals surface area contributed by atoms with Crippen LogP contribution in [0.2, 0.25) is 0 Å². The summed E-state index contributed by atoms with van der Waals surface area (Å²) in [7, 11) is -7.00. The van der Waals surface area contributed by atoms with E-state index in [0.29, 0.717) is 0 Å². The van der Waals surface area contributed by atoms with E-state index in [1.165, 1.54) is 24.3 Å². The van der Waals surface area contributed by atoms with Gasteiger partial charge in [-0.05, 0) is 47.5 Å². The van der Waals surface area contributed by atoms with Crippen LogP contribution in [0.4, 0.5) is 0 Å². The Bertz CT molecular complexity index is 974. The van der Waals surface area contributed by atoms with Gasteiger partial charge in [0.1, 0.15) is 10.2 Å². The lowest BCUT2D eigenvalue weighted by Gasteiger charge is -2.06. The minimum Gasteiger partial charge on any atom is -0.280 e. The van der Waals surface area contributed by atoms with Crippen molar-refractivity contribution in [3.05, 3.63) is 60.7 Å². The molecule has 2 aromatic rings. The number of halogens is 4. The first-order chi connectivity index (χ1) is 13.9. The Morgan fingerprint density at radius 2 is 1.10 bits per heavy atom. The predicted molar refractivity (Wildman–Crippen MR) is 121 cm³/mol. The zero-order valence-corrected chi connectivity index (χ0v) is 20.6. The molecule has 0 bridgehead atoms. The van der Waals surface area contributed by atoms with Crippen molar-refractivity contribution in [1.82, 2.24) is 0 Å². The Balaban J connectivity index is 0.000000300. The van der Waals surface area contributed by atoms with Crippen molar-refractivity contribution in [1.29, 1.82) is 0 Å². The van der Waals surface area contributed by atoms with Gasteiger partial charge in [0.25, 0.3) is 0 Å². The highest BCUT2D eigenvalue weighted by atomic mass is 79.9. The lowest BCUT2D eigenvalue weighted by Crippen LogP contribution is -2.21. The van der Waals surface area contributed by atoms with Crippen molar-refractivity contribution < 1.29 is 26.4 Å². The fourth-order valence-electron chi connectivity index (χ4n) is 1.96. The third-order valence-electron chi connectivity index (χ3n) is 3.43. The Morgan fingerprint density at radius 1 is 0.733 bits per heavy atom. The highest BCUT2D eigenvalue weighted by Crippen LogP contribution is 2.16. The van der Waals surface area contributed by atoms with Crippen LogP contribution in [-0.2, 0) is 29.3 Å². The van der Waals surface area contributed by atoms with Crippen molar-refractivity contribution >= 4 is 80.9 Å². The maximum absolute atomic E-state index is 11.7. The lowest BCUT2D eigenvalue weighted by atomic mass is 10.4. The highest BCUT2D eigenvalue weighted by molar-refractivity contribution is 9.10. The van der Waals surface area contributed by atoms with E-state index in [1.54, 1.807) is 36.4 Å². The SMILES string of the molecule is O=C(Cl)C(Br)CS(=O)(=O)c1ccccc1.O=C(Cl)C(Cl)CS(=O)(=O)c1ccccc1. The smallest absolute Gasteiger partial charge is 0.240 e. The molecule has 0 heterocycles. The largest absolute Gasteiger partial charge is 0.280 e. The van der Waals surface area contributed by atoms with E-state index in [1.807, 2.05) is 0 Å². The van der Waals surface area contributed by atoms with Crippen LogP contribution in [0.3, 0.4) is 0 Å². The first-order valence-corrected chi connectivity index (χ1v) is 13.5. The van der Waals surface area contributed by atoms with E-state index in [4.69, 9.17) is 34.8 Å². The number of carbonyl (C=O) groups is 2.